The van der Waals surface area contributed by atoms with Gasteiger partial charge in [-0.3, -0.25) is 9.59 Å². The van der Waals surface area contributed by atoms with Gasteiger partial charge in [0.2, 0.25) is 0 Å². The molecule has 0 rings (SSSR count). The molecule has 5 heteroatoms. The van der Waals surface area contributed by atoms with Crippen LogP contribution in [0.2, 0.25) is 0 Å². The highest BCUT2D eigenvalue weighted by Gasteiger charge is 2.03. The quantitative estimate of drug-likeness (QED) is 0.303. The molecule has 0 unspecified atom stereocenters. The third-order valence-electron chi connectivity index (χ3n) is 0.573. The highest BCUT2D eigenvalue weighted by atomic mass is 16.5. The van der Waals surface area contributed by atoms with E-state index in [1.807, 2.05) is 0 Å². The highest BCUT2D eigenvalue weighted by molar-refractivity contribution is 5.74. The minimum Gasteiger partial charge on any atom is -0.724 e. The summed E-state index contributed by atoms with van der Waals surface area (Å²) in [6.07, 6.45) is 0.500. The van der Waals surface area contributed by atoms with E-state index in [1.54, 1.807) is 6.92 Å². The Hall–Kier alpha value is -1.19. The van der Waals surface area contributed by atoms with Crippen LogP contribution in [0.1, 0.15) is 6.92 Å². The van der Waals surface area contributed by atoms with Gasteiger partial charge in [0.15, 0.2) is 0 Å². The zero-order chi connectivity index (χ0) is 8.57. The summed E-state index contributed by atoms with van der Waals surface area (Å²) in [5.74, 6) is -0.375. The summed E-state index contributed by atoms with van der Waals surface area (Å²) in [5, 5.41) is 6.76. The van der Waals surface area contributed by atoms with Crippen LogP contribution in [-0.4, -0.2) is 25.2 Å². The molecule has 2 N–H and O–H groups in total. The molecule has 0 radical (unpaired) electrons. The minimum atomic E-state index is -0.495. The number of methoxy groups -OCH3 is 1. The number of nitrogens with zero attached hydrogens (tertiary/aromatic N) is 1. The molecule has 0 aliphatic carbocycles. The smallest absolute Gasteiger partial charge is 0.322 e. The lowest BCUT2D eigenvalue weighted by molar-refractivity contribution is -0.141. The Morgan fingerprint density at radius 3 is 2.10 bits per heavy atom. The van der Waals surface area contributed by atoms with E-state index in [0.29, 0.717) is 6.08 Å². The maximum absolute atomic E-state index is 10.2. The molecule has 0 aliphatic rings. The van der Waals surface area contributed by atoms with Crippen LogP contribution in [0, 0.1) is 0 Å². The Balaban J connectivity index is 0. The summed E-state index contributed by atoms with van der Waals surface area (Å²) >= 11 is 0. The summed E-state index contributed by atoms with van der Waals surface area (Å²) in [7, 11) is 1.31. The molecular formula is C5H9N2O3-. The zero-order valence-corrected chi connectivity index (χ0v) is 5.83. The highest BCUT2D eigenvalue weighted by Crippen LogP contribution is 1.76. The van der Waals surface area contributed by atoms with Crippen LogP contribution in [-0.2, 0) is 14.3 Å². The van der Waals surface area contributed by atoms with Gasteiger partial charge in [-0.05, 0) is 13.0 Å². The number of hydrogen-bond acceptors (Lipinski definition) is 4. The van der Waals surface area contributed by atoms with Gasteiger partial charge in [-0.15, -0.1) is 0 Å². The van der Waals surface area contributed by atoms with Crippen LogP contribution < -0.4 is 5.73 Å². The Bertz CT molecular complexity index is 127. The third kappa shape index (κ3) is 9.94. The maximum Gasteiger partial charge on any atom is 0.322 e. The molecule has 0 saturated carbocycles. The molecule has 0 spiro atoms. The summed E-state index contributed by atoms with van der Waals surface area (Å²) in [6.45, 7) is 1.58. The molecule has 5 nitrogen and oxygen atoms in total. The standard InChI is InChI=1S/C4H9NO2.CNO/c1-3(5)4(6)7-2;2-1-3/h3H,5H2,1-2H3;/q;-1/t3-;/m0./s1. The molecule has 0 aromatic rings. The number of rotatable bonds is 1. The first-order chi connectivity index (χ1) is 4.59. The number of carbonyl (C=O) groups is 1. The van der Waals surface area contributed by atoms with Crippen molar-refractivity contribution in [3.05, 3.63) is 5.41 Å². The monoisotopic (exact) mass is 145 g/mol. The van der Waals surface area contributed by atoms with E-state index >= 15 is 0 Å². The van der Waals surface area contributed by atoms with Gasteiger partial charge in [-0.1, -0.05) is 0 Å². The summed E-state index contributed by atoms with van der Waals surface area (Å²) < 4.78 is 4.25. The fourth-order valence-corrected chi connectivity index (χ4v) is 0.186. The lowest BCUT2D eigenvalue weighted by Gasteiger charge is -1.98. The van der Waals surface area contributed by atoms with Crippen molar-refractivity contribution in [3.8, 4) is 0 Å². The van der Waals surface area contributed by atoms with Crippen LogP contribution in [0.3, 0.4) is 0 Å². The van der Waals surface area contributed by atoms with E-state index in [9.17, 15) is 4.79 Å². The van der Waals surface area contributed by atoms with Crippen LogP contribution in [0.5, 0.6) is 0 Å². The van der Waals surface area contributed by atoms with E-state index in [2.05, 4.69) is 4.74 Å². The Labute approximate surface area is 58.7 Å². The van der Waals surface area contributed by atoms with Gasteiger partial charge in [-0.25, -0.2) is 0 Å². The van der Waals surface area contributed by atoms with Crippen LogP contribution >= 0.6 is 0 Å². The van der Waals surface area contributed by atoms with E-state index in [-0.39, 0.29) is 5.97 Å². The molecule has 0 aliphatic heterocycles. The van der Waals surface area contributed by atoms with Gasteiger partial charge in [0.1, 0.15) is 6.04 Å². The number of hydrogen-bond donors (Lipinski definition) is 1. The van der Waals surface area contributed by atoms with Gasteiger partial charge in [0.05, 0.1) is 7.11 Å². The molecular weight excluding hydrogens is 136 g/mol. The van der Waals surface area contributed by atoms with E-state index in [0.717, 1.165) is 0 Å². The normalized spacial score (nSPS) is 9.90. The van der Waals surface area contributed by atoms with Gasteiger partial charge in [0, 0.05) is 0 Å². The van der Waals surface area contributed by atoms with Gasteiger partial charge < -0.3 is 15.9 Å². The lowest BCUT2D eigenvalue weighted by Crippen LogP contribution is -2.27. The SMILES string of the molecule is COC(=O)[C@H](C)N.[N-]=C=O. The topological polar surface area (TPSA) is 91.7 Å². The minimum absolute atomic E-state index is 0.375. The van der Waals surface area contributed by atoms with E-state index in [1.165, 1.54) is 7.11 Å². The summed E-state index contributed by atoms with van der Waals surface area (Å²) in [4.78, 5) is 18.4. The molecule has 0 aromatic carbocycles. The van der Waals surface area contributed by atoms with Crippen molar-refractivity contribution in [3.63, 3.8) is 0 Å². The fraction of sp³-hybridized carbons (Fsp3) is 0.600. The molecule has 0 bridgehead atoms. The lowest BCUT2D eigenvalue weighted by atomic mass is 10.4. The molecule has 58 valence electrons. The Kier molecular flexibility index (Phi) is 9.05. The first kappa shape index (κ1) is 11.6. The van der Waals surface area contributed by atoms with Crippen molar-refractivity contribution in [1.82, 2.24) is 0 Å². The predicted octanol–water partition coefficient (Wildman–Crippen LogP) is -0.602. The zero-order valence-electron chi connectivity index (χ0n) is 5.83. The largest absolute Gasteiger partial charge is 0.724 e. The van der Waals surface area contributed by atoms with E-state index in [4.69, 9.17) is 15.9 Å². The first-order valence-electron chi connectivity index (χ1n) is 2.44. The van der Waals surface area contributed by atoms with Crippen molar-refractivity contribution < 1.29 is 14.3 Å². The molecule has 0 saturated heterocycles. The predicted molar refractivity (Wildman–Crippen MR) is 34.7 cm³/mol. The Morgan fingerprint density at radius 1 is 1.80 bits per heavy atom. The maximum atomic E-state index is 10.2. The summed E-state index contributed by atoms with van der Waals surface area (Å²) in [5.41, 5.74) is 5.07. The van der Waals surface area contributed by atoms with Gasteiger partial charge in [-0.2, -0.15) is 0 Å². The molecule has 10 heavy (non-hydrogen) atoms. The van der Waals surface area contributed by atoms with Crippen LogP contribution in [0.25, 0.3) is 5.41 Å². The second-order valence-electron chi connectivity index (χ2n) is 1.40. The number of nitrogens with two attached hydrogens (primary N) is 1. The number of ether oxygens (including phenoxy) is 1. The van der Waals surface area contributed by atoms with Gasteiger partial charge >= 0.3 is 5.97 Å². The molecule has 0 fully saturated rings. The van der Waals surface area contributed by atoms with Crippen LogP contribution in [0.4, 0.5) is 0 Å². The average Bonchev–Trinajstić information content (AvgIpc) is 1.88. The fourth-order valence-electron chi connectivity index (χ4n) is 0.186. The first-order valence-corrected chi connectivity index (χ1v) is 2.44. The van der Waals surface area contributed by atoms with Crippen LogP contribution in [0.15, 0.2) is 0 Å². The Morgan fingerprint density at radius 2 is 2.10 bits per heavy atom. The molecule has 0 heterocycles. The van der Waals surface area contributed by atoms with E-state index < -0.39 is 6.04 Å². The number of isocyanates is 1. The average molecular weight is 145 g/mol. The van der Waals surface area contributed by atoms with Crippen molar-refractivity contribution >= 4 is 12.0 Å². The second-order valence-corrected chi connectivity index (χ2v) is 1.40. The third-order valence-corrected chi connectivity index (χ3v) is 0.573. The molecule has 0 aromatic heterocycles. The van der Waals surface area contributed by atoms with Crippen molar-refractivity contribution in [1.29, 1.82) is 0 Å². The van der Waals surface area contributed by atoms with Gasteiger partial charge in [0.25, 0.3) is 0 Å². The summed E-state index contributed by atoms with van der Waals surface area (Å²) in [6, 6.07) is -0.495. The molecule has 1 atom stereocenters. The molecule has 0 amide bonds. The second kappa shape index (κ2) is 7.81. The van der Waals surface area contributed by atoms with Crippen molar-refractivity contribution in [2.75, 3.05) is 7.11 Å². The van der Waals surface area contributed by atoms with Crippen molar-refractivity contribution in [2.24, 2.45) is 5.73 Å². The number of esters is 1. The number of carbonyl (C=O) groups excluding carboxylic acids is 2. The van der Waals surface area contributed by atoms with Crippen molar-refractivity contribution in [2.45, 2.75) is 13.0 Å².